The molecule has 0 bridgehead atoms. The van der Waals surface area contributed by atoms with Gasteiger partial charge in [0, 0.05) is 18.4 Å². The number of carbonyl (C=O) groups excluding carboxylic acids is 1. The Morgan fingerprint density at radius 1 is 1.45 bits per heavy atom. The highest BCUT2D eigenvalue weighted by Crippen LogP contribution is 2.28. The van der Waals surface area contributed by atoms with Crippen LogP contribution >= 0.6 is 11.6 Å². The van der Waals surface area contributed by atoms with E-state index in [1.54, 1.807) is 31.4 Å². The molecule has 7 heteroatoms. The molecule has 2 aromatic rings. The van der Waals surface area contributed by atoms with E-state index in [1.807, 2.05) is 0 Å². The smallest absolute Gasteiger partial charge is 0.270 e. The Balaban J connectivity index is 2.14. The van der Waals surface area contributed by atoms with Gasteiger partial charge >= 0.3 is 0 Å². The summed E-state index contributed by atoms with van der Waals surface area (Å²) < 4.78 is 5.09. The van der Waals surface area contributed by atoms with Crippen LogP contribution in [0.1, 0.15) is 10.5 Å². The van der Waals surface area contributed by atoms with Crippen LogP contribution in [0.3, 0.4) is 0 Å². The Bertz CT molecular complexity index is 691. The summed E-state index contributed by atoms with van der Waals surface area (Å²) in [6.45, 7) is 3.91. The number of hydrogen-bond acceptors (Lipinski definition) is 5. The zero-order valence-electron chi connectivity index (χ0n) is 12.0. The first kappa shape index (κ1) is 15.8. The normalized spacial score (nSPS) is 9.91. The molecule has 0 saturated carbocycles. The SMILES string of the molecule is C=CCNC(=O)c1ccnc(Nc2ccc(OC)c(Cl)c2)n1. The number of halogens is 1. The maximum absolute atomic E-state index is 11.8. The lowest BCUT2D eigenvalue weighted by Gasteiger charge is -2.08. The Morgan fingerprint density at radius 3 is 2.95 bits per heavy atom. The number of anilines is 2. The third-order valence-electron chi connectivity index (χ3n) is 2.70. The number of ether oxygens (including phenoxy) is 1. The fourth-order valence-electron chi connectivity index (χ4n) is 1.67. The van der Waals surface area contributed by atoms with Crippen LogP contribution in [0, 0.1) is 0 Å². The van der Waals surface area contributed by atoms with Gasteiger partial charge in [0.2, 0.25) is 5.95 Å². The minimum atomic E-state index is -0.293. The van der Waals surface area contributed by atoms with Crippen molar-refractivity contribution in [1.29, 1.82) is 0 Å². The highest BCUT2D eigenvalue weighted by Gasteiger charge is 2.08. The molecular weight excluding hydrogens is 304 g/mol. The monoisotopic (exact) mass is 318 g/mol. The van der Waals surface area contributed by atoms with Crippen LogP contribution in [0.15, 0.2) is 43.1 Å². The van der Waals surface area contributed by atoms with E-state index in [2.05, 4.69) is 27.2 Å². The Hall–Kier alpha value is -2.60. The molecule has 2 rings (SSSR count). The van der Waals surface area contributed by atoms with E-state index in [9.17, 15) is 4.79 Å². The topological polar surface area (TPSA) is 76.1 Å². The quantitative estimate of drug-likeness (QED) is 0.801. The number of methoxy groups -OCH3 is 1. The predicted molar refractivity (Wildman–Crippen MR) is 85.8 cm³/mol. The highest BCUT2D eigenvalue weighted by molar-refractivity contribution is 6.32. The predicted octanol–water partition coefficient (Wildman–Crippen LogP) is 2.80. The van der Waals surface area contributed by atoms with Crippen molar-refractivity contribution in [2.75, 3.05) is 19.0 Å². The third-order valence-corrected chi connectivity index (χ3v) is 3.00. The molecule has 1 heterocycles. The molecule has 1 aromatic carbocycles. The fourth-order valence-corrected chi connectivity index (χ4v) is 1.93. The molecule has 1 amide bonds. The second-order valence-corrected chi connectivity index (χ2v) is 4.65. The molecule has 114 valence electrons. The number of hydrogen-bond donors (Lipinski definition) is 2. The van der Waals surface area contributed by atoms with Gasteiger partial charge in [-0.25, -0.2) is 9.97 Å². The van der Waals surface area contributed by atoms with Crippen LogP contribution in [0.4, 0.5) is 11.6 Å². The Morgan fingerprint density at radius 2 is 2.27 bits per heavy atom. The lowest BCUT2D eigenvalue weighted by atomic mass is 10.3. The molecule has 0 atom stereocenters. The average Bonchev–Trinajstić information content (AvgIpc) is 2.53. The van der Waals surface area contributed by atoms with Crippen molar-refractivity contribution in [3.63, 3.8) is 0 Å². The van der Waals surface area contributed by atoms with Gasteiger partial charge in [-0.2, -0.15) is 0 Å². The summed E-state index contributed by atoms with van der Waals surface area (Å²) >= 11 is 6.06. The van der Waals surface area contributed by atoms with Gasteiger partial charge in [-0.3, -0.25) is 4.79 Å². The summed E-state index contributed by atoms with van der Waals surface area (Å²) in [6, 6.07) is 6.72. The highest BCUT2D eigenvalue weighted by atomic mass is 35.5. The van der Waals surface area contributed by atoms with Crippen LogP contribution in [0.2, 0.25) is 5.02 Å². The van der Waals surface area contributed by atoms with Gasteiger partial charge in [-0.15, -0.1) is 6.58 Å². The first-order valence-corrected chi connectivity index (χ1v) is 6.84. The molecule has 6 nitrogen and oxygen atoms in total. The summed E-state index contributed by atoms with van der Waals surface area (Å²) in [5.74, 6) is 0.580. The van der Waals surface area contributed by atoms with E-state index in [0.717, 1.165) is 0 Å². The second-order valence-electron chi connectivity index (χ2n) is 4.24. The zero-order chi connectivity index (χ0) is 15.9. The lowest BCUT2D eigenvalue weighted by Crippen LogP contribution is -2.24. The lowest BCUT2D eigenvalue weighted by molar-refractivity contribution is 0.0953. The number of benzene rings is 1. The van der Waals surface area contributed by atoms with E-state index >= 15 is 0 Å². The maximum atomic E-state index is 11.8. The van der Waals surface area contributed by atoms with Crippen LogP contribution in [-0.2, 0) is 0 Å². The average molecular weight is 319 g/mol. The van der Waals surface area contributed by atoms with Crippen molar-refractivity contribution in [2.45, 2.75) is 0 Å². The molecule has 1 aromatic heterocycles. The summed E-state index contributed by atoms with van der Waals surface area (Å²) in [6.07, 6.45) is 3.10. The van der Waals surface area contributed by atoms with E-state index in [-0.39, 0.29) is 11.6 Å². The molecule has 0 aliphatic heterocycles. The minimum absolute atomic E-state index is 0.263. The number of amides is 1. The molecule has 2 N–H and O–H groups in total. The molecular formula is C15H15ClN4O2. The number of aromatic nitrogens is 2. The standard InChI is InChI=1S/C15H15ClN4O2/c1-3-7-17-14(21)12-6-8-18-15(20-12)19-10-4-5-13(22-2)11(16)9-10/h3-6,8-9H,1,7H2,2H3,(H,17,21)(H,18,19,20). The van der Waals surface area contributed by atoms with Crippen LogP contribution in [0.25, 0.3) is 0 Å². The van der Waals surface area contributed by atoms with Crippen LogP contribution < -0.4 is 15.4 Å². The number of rotatable bonds is 6. The van der Waals surface area contributed by atoms with Crippen LogP contribution in [-0.4, -0.2) is 29.5 Å². The van der Waals surface area contributed by atoms with E-state index in [0.29, 0.717) is 29.0 Å². The van der Waals surface area contributed by atoms with Gasteiger partial charge in [0.05, 0.1) is 12.1 Å². The van der Waals surface area contributed by atoms with Gasteiger partial charge in [-0.05, 0) is 24.3 Å². The van der Waals surface area contributed by atoms with Crippen molar-refractivity contribution < 1.29 is 9.53 Å². The first-order chi connectivity index (χ1) is 10.6. The van der Waals surface area contributed by atoms with E-state index in [1.165, 1.54) is 12.3 Å². The van der Waals surface area contributed by atoms with Crippen molar-refractivity contribution in [2.24, 2.45) is 0 Å². The summed E-state index contributed by atoms with van der Waals surface area (Å²) in [4.78, 5) is 20.1. The van der Waals surface area contributed by atoms with Crippen molar-refractivity contribution in [3.8, 4) is 5.75 Å². The third kappa shape index (κ3) is 3.95. The fraction of sp³-hybridized carbons (Fsp3) is 0.133. The summed E-state index contributed by atoms with van der Waals surface area (Å²) in [5, 5.41) is 6.10. The molecule has 0 aliphatic rings. The van der Waals surface area contributed by atoms with Gasteiger partial charge in [0.25, 0.3) is 5.91 Å². The van der Waals surface area contributed by atoms with E-state index < -0.39 is 0 Å². The van der Waals surface area contributed by atoms with Gasteiger partial charge < -0.3 is 15.4 Å². The largest absolute Gasteiger partial charge is 0.495 e. The molecule has 0 fully saturated rings. The van der Waals surface area contributed by atoms with Crippen molar-refractivity contribution in [1.82, 2.24) is 15.3 Å². The zero-order valence-corrected chi connectivity index (χ0v) is 12.7. The summed E-state index contributed by atoms with van der Waals surface area (Å²) in [7, 11) is 1.54. The molecule has 0 radical (unpaired) electrons. The summed E-state index contributed by atoms with van der Waals surface area (Å²) in [5.41, 5.74) is 0.952. The van der Waals surface area contributed by atoms with Crippen LogP contribution in [0.5, 0.6) is 5.75 Å². The Labute approximate surface area is 133 Å². The molecule has 0 aliphatic carbocycles. The van der Waals surface area contributed by atoms with Gasteiger partial charge in [-0.1, -0.05) is 17.7 Å². The molecule has 0 saturated heterocycles. The number of nitrogens with zero attached hydrogens (tertiary/aromatic N) is 2. The maximum Gasteiger partial charge on any atom is 0.270 e. The van der Waals surface area contributed by atoms with Gasteiger partial charge in [0.1, 0.15) is 11.4 Å². The van der Waals surface area contributed by atoms with Gasteiger partial charge in [0.15, 0.2) is 0 Å². The molecule has 0 spiro atoms. The molecule has 0 unspecified atom stereocenters. The first-order valence-electron chi connectivity index (χ1n) is 6.46. The van der Waals surface area contributed by atoms with E-state index in [4.69, 9.17) is 16.3 Å². The Kier molecular flexibility index (Phi) is 5.32. The van der Waals surface area contributed by atoms with Crippen molar-refractivity contribution in [3.05, 3.63) is 53.8 Å². The number of nitrogens with one attached hydrogen (secondary N) is 2. The molecule has 22 heavy (non-hydrogen) atoms. The minimum Gasteiger partial charge on any atom is -0.495 e. The van der Waals surface area contributed by atoms with Crippen molar-refractivity contribution >= 4 is 29.1 Å². The second kappa shape index (κ2) is 7.42. The number of carbonyl (C=O) groups is 1.